The minimum absolute atomic E-state index is 0.0194. The number of hydrogen-bond donors (Lipinski definition) is 2. The molecule has 0 spiro atoms. The highest BCUT2D eigenvalue weighted by atomic mass is 127. The standard InChI is InChI=1S/C19H16BrIN2O3/c1-11(2)26-15-5-3-4-14(9-15)23-19(25)13(10-22)6-12-7-16(20)18(24)17(21)8-12/h3-9,11,24H,1-2H3,(H,23,25)/b13-6-. The van der Waals surface area contributed by atoms with Crippen molar-refractivity contribution in [2.45, 2.75) is 20.0 Å². The molecule has 5 nitrogen and oxygen atoms in total. The van der Waals surface area contributed by atoms with E-state index >= 15 is 0 Å². The lowest BCUT2D eigenvalue weighted by Gasteiger charge is -2.11. The van der Waals surface area contributed by atoms with Crippen LogP contribution in [0.4, 0.5) is 5.69 Å². The fourth-order valence-corrected chi connectivity index (χ4v) is 3.60. The topological polar surface area (TPSA) is 82.3 Å². The Kier molecular flexibility index (Phi) is 7.06. The van der Waals surface area contributed by atoms with Crippen molar-refractivity contribution < 1.29 is 14.6 Å². The van der Waals surface area contributed by atoms with Crippen LogP contribution in [0.15, 0.2) is 46.4 Å². The SMILES string of the molecule is CC(C)Oc1cccc(NC(=O)/C(C#N)=C\c2cc(Br)c(O)c(I)c2)c1. The Bertz CT molecular complexity index is 881. The van der Waals surface area contributed by atoms with Crippen LogP contribution in [-0.2, 0) is 4.79 Å². The summed E-state index contributed by atoms with van der Waals surface area (Å²) in [6, 6.07) is 12.2. The van der Waals surface area contributed by atoms with Crippen LogP contribution in [0.5, 0.6) is 11.5 Å². The Morgan fingerprint density at radius 2 is 2.12 bits per heavy atom. The molecule has 0 fully saturated rings. The van der Waals surface area contributed by atoms with Crippen molar-refractivity contribution in [1.29, 1.82) is 5.26 Å². The number of anilines is 1. The van der Waals surface area contributed by atoms with E-state index < -0.39 is 5.91 Å². The van der Waals surface area contributed by atoms with Crippen molar-refractivity contribution in [3.05, 3.63) is 55.6 Å². The predicted molar refractivity (Wildman–Crippen MR) is 113 cm³/mol. The van der Waals surface area contributed by atoms with Gasteiger partial charge in [0, 0.05) is 11.8 Å². The van der Waals surface area contributed by atoms with E-state index in [0.29, 0.717) is 25.0 Å². The minimum atomic E-state index is -0.520. The molecule has 0 aromatic heterocycles. The maximum Gasteiger partial charge on any atom is 0.266 e. The Hall–Kier alpha value is -2.05. The lowest BCUT2D eigenvalue weighted by Crippen LogP contribution is -2.13. The van der Waals surface area contributed by atoms with Gasteiger partial charge in [-0.15, -0.1) is 0 Å². The zero-order valence-corrected chi connectivity index (χ0v) is 17.8. The number of phenols is 1. The molecule has 2 aromatic carbocycles. The van der Waals surface area contributed by atoms with Crippen LogP contribution in [0.1, 0.15) is 19.4 Å². The third kappa shape index (κ3) is 5.47. The largest absolute Gasteiger partial charge is 0.506 e. The van der Waals surface area contributed by atoms with E-state index in [2.05, 4.69) is 21.2 Å². The van der Waals surface area contributed by atoms with Gasteiger partial charge in [0.05, 0.1) is 14.1 Å². The van der Waals surface area contributed by atoms with Crippen molar-refractivity contribution in [2.24, 2.45) is 0 Å². The number of halogens is 2. The summed E-state index contributed by atoms with van der Waals surface area (Å²) in [6.07, 6.45) is 1.49. The maximum absolute atomic E-state index is 12.4. The molecule has 26 heavy (non-hydrogen) atoms. The number of nitrogens with zero attached hydrogens (tertiary/aromatic N) is 1. The van der Waals surface area contributed by atoms with Gasteiger partial charge < -0.3 is 15.2 Å². The lowest BCUT2D eigenvalue weighted by atomic mass is 10.1. The number of phenolic OH excluding ortho intramolecular Hbond substituents is 1. The van der Waals surface area contributed by atoms with Gasteiger partial charge >= 0.3 is 0 Å². The van der Waals surface area contributed by atoms with Gasteiger partial charge in [-0.1, -0.05) is 6.07 Å². The van der Waals surface area contributed by atoms with Gasteiger partial charge in [-0.25, -0.2) is 0 Å². The molecule has 2 rings (SSSR count). The summed E-state index contributed by atoms with van der Waals surface area (Å²) in [4.78, 5) is 12.4. The highest BCUT2D eigenvalue weighted by Gasteiger charge is 2.12. The molecule has 0 aliphatic rings. The molecule has 1 amide bonds. The van der Waals surface area contributed by atoms with Crippen LogP contribution >= 0.6 is 38.5 Å². The van der Waals surface area contributed by atoms with Crippen molar-refractivity contribution in [3.63, 3.8) is 0 Å². The van der Waals surface area contributed by atoms with E-state index in [1.165, 1.54) is 6.08 Å². The zero-order chi connectivity index (χ0) is 19.3. The average Bonchev–Trinajstić information content (AvgIpc) is 2.57. The fourth-order valence-electron chi connectivity index (χ4n) is 2.10. The lowest BCUT2D eigenvalue weighted by molar-refractivity contribution is -0.112. The molecule has 0 unspecified atom stereocenters. The number of hydrogen-bond acceptors (Lipinski definition) is 4. The second-order valence-electron chi connectivity index (χ2n) is 5.65. The van der Waals surface area contributed by atoms with E-state index in [1.807, 2.05) is 42.5 Å². The van der Waals surface area contributed by atoms with E-state index in [0.717, 1.165) is 0 Å². The molecule has 0 saturated carbocycles. The number of ether oxygens (including phenoxy) is 1. The molecule has 0 aliphatic heterocycles. The summed E-state index contributed by atoms with van der Waals surface area (Å²) in [5, 5.41) is 21.8. The molecule has 0 aliphatic carbocycles. The average molecular weight is 527 g/mol. The van der Waals surface area contributed by atoms with Gasteiger partial charge in [0.2, 0.25) is 0 Å². The molecular formula is C19H16BrIN2O3. The van der Waals surface area contributed by atoms with Gasteiger partial charge in [0.1, 0.15) is 23.1 Å². The first kappa shape index (κ1) is 20.3. The summed E-state index contributed by atoms with van der Waals surface area (Å²) in [6.45, 7) is 3.83. The second kappa shape index (κ2) is 9.05. The number of nitriles is 1. The first-order chi connectivity index (χ1) is 12.3. The zero-order valence-electron chi connectivity index (χ0n) is 14.1. The van der Waals surface area contributed by atoms with Gasteiger partial charge in [0.25, 0.3) is 5.91 Å². The van der Waals surface area contributed by atoms with Crippen LogP contribution in [0.3, 0.4) is 0 Å². The Morgan fingerprint density at radius 1 is 1.38 bits per heavy atom. The molecule has 0 saturated heterocycles. The fraction of sp³-hybridized carbons (Fsp3) is 0.158. The van der Waals surface area contributed by atoms with Crippen molar-refractivity contribution in [1.82, 2.24) is 0 Å². The first-order valence-corrected chi connectivity index (χ1v) is 9.55. The molecule has 0 bridgehead atoms. The number of carbonyl (C=O) groups is 1. The Morgan fingerprint density at radius 3 is 2.73 bits per heavy atom. The number of benzene rings is 2. The van der Waals surface area contributed by atoms with Crippen LogP contribution in [0.2, 0.25) is 0 Å². The molecular weight excluding hydrogens is 511 g/mol. The first-order valence-electron chi connectivity index (χ1n) is 7.68. The van der Waals surface area contributed by atoms with Gasteiger partial charge in [-0.2, -0.15) is 5.26 Å². The van der Waals surface area contributed by atoms with E-state index in [-0.39, 0.29) is 17.4 Å². The highest BCUT2D eigenvalue weighted by molar-refractivity contribution is 14.1. The predicted octanol–water partition coefficient (Wildman–Crippen LogP) is 5.09. The van der Waals surface area contributed by atoms with Crippen LogP contribution in [-0.4, -0.2) is 17.1 Å². The van der Waals surface area contributed by atoms with Crippen LogP contribution in [0.25, 0.3) is 6.08 Å². The van der Waals surface area contributed by atoms with E-state index in [9.17, 15) is 15.2 Å². The number of rotatable bonds is 5. The van der Waals surface area contributed by atoms with E-state index in [4.69, 9.17) is 4.74 Å². The number of aromatic hydroxyl groups is 1. The molecule has 7 heteroatoms. The summed E-state index contributed by atoms with van der Waals surface area (Å²) in [5.41, 5.74) is 1.12. The van der Waals surface area contributed by atoms with Crippen molar-refractivity contribution >= 4 is 56.2 Å². The molecule has 2 aromatic rings. The second-order valence-corrected chi connectivity index (χ2v) is 7.67. The summed E-state index contributed by atoms with van der Waals surface area (Å²) >= 11 is 5.22. The van der Waals surface area contributed by atoms with Crippen LogP contribution in [0, 0.1) is 14.9 Å². The third-order valence-corrected chi connectivity index (χ3v) is 4.61. The third-order valence-electron chi connectivity index (χ3n) is 3.18. The molecule has 134 valence electrons. The number of amides is 1. The van der Waals surface area contributed by atoms with E-state index in [1.54, 1.807) is 36.4 Å². The summed E-state index contributed by atoms with van der Waals surface area (Å²) < 4.78 is 6.70. The number of nitrogens with one attached hydrogen (secondary N) is 1. The maximum atomic E-state index is 12.4. The van der Waals surface area contributed by atoms with Gasteiger partial charge in [-0.05, 0) is 88.3 Å². The molecule has 0 atom stereocenters. The Balaban J connectivity index is 2.23. The monoisotopic (exact) mass is 526 g/mol. The van der Waals surface area contributed by atoms with Gasteiger partial charge in [0.15, 0.2) is 0 Å². The van der Waals surface area contributed by atoms with Crippen molar-refractivity contribution in [3.8, 4) is 17.6 Å². The smallest absolute Gasteiger partial charge is 0.266 e. The van der Waals surface area contributed by atoms with Crippen molar-refractivity contribution in [2.75, 3.05) is 5.32 Å². The molecule has 0 heterocycles. The molecule has 0 radical (unpaired) electrons. The summed E-state index contributed by atoms with van der Waals surface area (Å²) in [5.74, 6) is 0.235. The minimum Gasteiger partial charge on any atom is -0.506 e. The number of carbonyl (C=O) groups excluding carboxylic acids is 1. The highest BCUT2D eigenvalue weighted by Crippen LogP contribution is 2.31. The quantitative estimate of drug-likeness (QED) is 0.323. The Labute approximate surface area is 173 Å². The molecule has 2 N–H and O–H groups in total. The normalized spacial score (nSPS) is 11.2. The van der Waals surface area contributed by atoms with Gasteiger partial charge in [-0.3, -0.25) is 4.79 Å². The summed E-state index contributed by atoms with van der Waals surface area (Å²) in [7, 11) is 0. The van der Waals surface area contributed by atoms with Crippen LogP contribution < -0.4 is 10.1 Å².